The van der Waals surface area contributed by atoms with Crippen LogP contribution in [0, 0.1) is 0 Å². The Morgan fingerprint density at radius 3 is 2.68 bits per heavy atom. The Hall–Kier alpha value is -1.55. The minimum absolute atomic E-state index is 0.0947. The molecule has 1 aliphatic carbocycles. The Morgan fingerprint density at radius 1 is 1.18 bits per heavy atom. The second kappa shape index (κ2) is 8.06. The van der Waals surface area contributed by atoms with Gasteiger partial charge in [-0.25, -0.2) is 0 Å². The molecule has 2 heterocycles. The van der Waals surface area contributed by atoms with E-state index in [1.54, 1.807) is 6.07 Å². The van der Waals surface area contributed by atoms with Gasteiger partial charge in [0.25, 0.3) is 0 Å². The summed E-state index contributed by atoms with van der Waals surface area (Å²) in [4.78, 5) is 6.86. The number of hydrogen-bond acceptors (Lipinski definition) is 8. The van der Waals surface area contributed by atoms with E-state index in [4.69, 9.17) is 9.47 Å². The highest BCUT2D eigenvalue weighted by atomic mass is 16.7. The van der Waals surface area contributed by atoms with Crippen LogP contribution in [0.25, 0.3) is 0 Å². The molecule has 8 nitrogen and oxygen atoms in total. The Kier molecular flexibility index (Phi) is 5.69. The average Bonchev–Trinajstić information content (AvgIpc) is 3.47. The van der Waals surface area contributed by atoms with Crippen LogP contribution in [0.4, 0.5) is 5.69 Å². The zero-order valence-corrected chi connectivity index (χ0v) is 15.9. The summed E-state index contributed by atoms with van der Waals surface area (Å²) >= 11 is 0. The van der Waals surface area contributed by atoms with Crippen LogP contribution >= 0.6 is 0 Å². The number of aliphatic hydroxyl groups is 4. The van der Waals surface area contributed by atoms with Crippen molar-refractivity contribution in [2.45, 2.75) is 61.9 Å². The van der Waals surface area contributed by atoms with Crippen LogP contribution in [0.5, 0.6) is 5.75 Å². The molecule has 1 aromatic carbocycles. The molecular formula is C20H28N2O6. The molecule has 154 valence electrons. The van der Waals surface area contributed by atoms with Crippen LogP contribution in [0.3, 0.4) is 0 Å². The van der Waals surface area contributed by atoms with Gasteiger partial charge in [0.2, 0.25) is 6.29 Å². The first-order chi connectivity index (χ1) is 13.5. The Morgan fingerprint density at radius 2 is 1.96 bits per heavy atom. The molecule has 0 radical (unpaired) electrons. The van der Waals surface area contributed by atoms with E-state index in [9.17, 15) is 20.4 Å². The van der Waals surface area contributed by atoms with Crippen LogP contribution in [-0.4, -0.2) is 88.5 Å². The number of hydrogen-bond donors (Lipinski definition) is 4. The second-order valence-electron chi connectivity index (χ2n) is 7.89. The van der Waals surface area contributed by atoms with E-state index in [0.717, 1.165) is 24.2 Å². The number of ether oxygens (including phenoxy) is 2. The summed E-state index contributed by atoms with van der Waals surface area (Å²) in [7, 11) is 2.14. The van der Waals surface area contributed by atoms with Crippen LogP contribution in [0.1, 0.15) is 30.7 Å². The first-order valence-corrected chi connectivity index (χ1v) is 9.84. The molecule has 28 heavy (non-hydrogen) atoms. The molecule has 4 rings (SSSR count). The van der Waals surface area contributed by atoms with Crippen LogP contribution in [0.2, 0.25) is 0 Å². The third kappa shape index (κ3) is 3.80. The summed E-state index contributed by atoms with van der Waals surface area (Å²) in [5, 5.41) is 39.6. The quantitative estimate of drug-likeness (QED) is 0.522. The third-order valence-corrected chi connectivity index (χ3v) is 5.86. The molecule has 0 aromatic heterocycles. The van der Waals surface area contributed by atoms with E-state index in [-0.39, 0.29) is 5.92 Å². The molecule has 0 amide bonds. The zero-order valence-electron chi connectivity index (χ0n) is 15.9. The van der Waals surface area contributed by atoms with Gasteiger partial charge in [-0.15, -0.1) is 0 Å². The van der Waals surface area contributed by atoms with Crippen molar-refractivity contribution in [1.82, 2.24) is 4.90 Å². The standard InChI is InChI=1S/C20H28N2O6/c1-22(12-5-6-12)8-7-11-9-21-13-3-2-4-14(16(11)13)27-20-19(26)18(25)17(24)15(10-23)28-20/h2-4,9,11-12,15,17-20,23-26H,5-8,10H2,1H3/t11?,15-,17-,18+,19-,20+/m1/s1. The van der Waals surface area contributed by atoms with Crippen molar-refractivity contribution in [3.05, 3.63) is 23.8 Å². The van der Waals surface area contributed by atoms with Crippen LogP contribution in [0.15, 0.2) is 23.2 Å². The maximum atomic E-state index is 10.3. The molecule has 1 saturated carbocycles. The monoisotopic (exact) mass is 392 g/mol. The Labute approximate surface area is 164 Å². The molecule has 2 fully saturated rings. The second-order valence-corrected chi connectivity index (χ2v) is 7.89. The average molecular weight is 392 g/mol. The molecule has 0 spiro atoms. The maximum absolute atomic E-state index is 10.3. The van der Waals surface area contributed by atoms with Gasteiger partial charge in [-0.3, -0.25) is 4.99 Å². The molecule has 2 aliphatic heterocycles. The minimum Gasteiger partial charge on any atom is -0.462 e. The third-order valence-electron chi connectivity index (χ3n) is 5.86. The van der Waals surface area contributed by atoms with Gasteiger partial charge in [0.05, 0.1) is 12.3 Å². The molecule has 6 atom stereocenters. The number of aliphatic imine (C=N–C) groups is 1. The van der Waals surface area contributed by atoms with Crippen molar-refractivity contribution in [1.29, 1.82) is 0 Å². The Bertz CT molecular complexity index is 723. The lowest BCUT2D eigenvalue weighted by Gasteiger charge is -2.39. The molecule has 1 saturated heterocycles. The summed E-state index contributed by atoms with van der Waals surface area (Å²) < 4.78 is 11.4. The number of fused-ring (bicyclic) bond motifs is 1. The first kappa shape index (κ1) is 19.8. The highest BCUT2D eigenvalue weighted by Crippen LogP contribution is 2.42. The highest BCUT2D eigenvalue weighted by molar-refractivity contribution is 5.82. The van der Waals surface area contributed by atoms with Crippen molar-refractivity contribution in [3.8, 4) is 5.75 Å². The van der Waals surface area contributed by atoms with Gasteiger partial charge in [-0.2, -0.15) is 0 Å². The van der Waals surface area contributed by atoms with Gasteiger partial charge in [0.1, 0.15) is 30.2 Å². The summed E-state index contributed by atoms with van der Waals surface area (Å²) in [6.45, 7) is 0.464. The molecule has 1 unspecified atom stereocenters. The van der Waals surface area contributed by atoms with Crippen molar-refractivity contribution >= 4 is 11.9 Å². The minimum atomic E-state index is -1.47. The number of rotatable bonds is 7. The predicted octanol–water partition coefficient (Wildman–Crippen LogP) is 0.149. The number of nitrogens with zero attached hydrogens (tertiary/aromatic N) is 2. The topological polar surface area (TPSA) is 115 Å². The molecule has 3 aliphatic rings. The smallest absolute Gasteiger partial charge is 0.229 e. The normalized spacial score (nSPS) is 34.6. The lowest BCUT2D eigenvalue weighted by Crippen LogP contribution is -2.60. The van der Waals surface area contributed by atoms with Crippen molar-refractivity contribution in [2.75, 3.05) is 20.2 Å². The molecule has 4 N–H and O–H groups in total. The van der Waals surface area contributed by atoms with Crippen molar-refractivity contribution in [2.24, 2.45) is 4.99 Å². The molecule has 8 heteroatoms. The molecule has 0 bridgehead atoms. The molecule has 1 aromatic rings. The van der Waals surface area contributed by atoms with Crippen molar-refractivity contribution in [3.63, 3.8) is 0 Å². The summed E-state index contributed by atoms with van der Waals surface area (Å²) in [6.07, 6.45) is -1.16. The van der Waals surface area contributed by atoms with Crippen LogP contribution in [-0.2, 0) is 4.74 Å². The largest absolute Gasteiger partial charge is 0.462 e. The maximum Gasteiger partial charge on any atom is 0.229 e. The lowest BCUT2D eigenvalue weighted by atomic mass is 9.96. The van der Waals surface area contributed by atoms with Gasteiger partial charge in [-0.05, 0) is 45.0 Å². The van der Waals surface area contributed by atoms with Gasteiger partial charge in [-0.1, -0.05) is 6.07 Å². The van der Waals surface area contributed by atoms with E-state index in [2.05, 4.69) is 16.9 Å². The van der Waals surface area contributed by atoms with E-state index < -0.39 is 37.3 Å². The zero-order chi connectivity index (χ0) is 19.8. The van der Waals surface area contributed by atoms with E-state index in [1.165, 1.54) is 12.8 Å². The Balaban J connectivity index is 1.49. The van der Waals surface area contributed by atoms with Crippen LogP contribution < -0.4 is 4.74 Å². The number of benzene rings is 1. The van der Waals surface area contributed by atoms with E-state index >= 15 is 0 Å². The van der Waals surface area contributed by atoms with Gasteiger partial charge in [0, 0.05) is 23.7 Å². The van der Waals surface area contributed by atoms with E-state index in [0.29, 0.717) is 11.8 Å². The predicted molar refractivity (Wildman–Crippen MR) is 102 cm³/mol. The fourth-order valence-electron chi connectivity index (χ4n) is 3.91. The van der Waals surface area contributed by atoms with Gasteiger partial charge in [0.15, 0.2) is 0 Å². The first-order valence-electron chi connectivity index (χ1n) is 9.84. The summed E-state index contributed by atoms with van der Waals surface area (Å²) in [5.74, 6) is 0.621. The van der Waals surface area contributed by atoms with Gasteiger partial charge >= 0.3 is 0 Å². The van der Waals surface area contributed by atoms with Crippen molar-refractivity contribution < 1.29 is 29.9 Å². The van der Waals surface area contributed by atoms with Gasteiger partial charge < -0.3 is 34.8 Å². The number of aliphatic hydroxyl groups excluding tert-OH is 4. The molecular weight excluding hydrogens is 364 g/mol. The summed E-state index contributed by atoms with van der Waals surface area (Å²) in [6, 6.07) is 6.20. The summed E-state index contributed by atoms with van der Waals surface area (Å²) in [5.41, 5.74) is 1.75. The fourth-order valence-corrected chi connectivity index (χ4v) is 3.91. The fraction of sp³-hybridized carbons (Fsp3) is 0.650. The SMILES string of the molecule is CN(CCC1C=Nc2cccc(O[C@H]3O[C@H](CO)[C@@H](O)[C@H](O)[C@H]3O)c21)C1CC1. The van der Waals surface area contributed by atoms with E-state index in [1.807, 2.05) is 18.3 Å². The lowest BCUT2D eigenvalue weighted by molar-refractivity contribution is -0.277. The highest BCUT2D eigenvalue weighted by Gasteiger charge is 2.45.